The Labute approximate surface area is 136 Å². The first-order chi connectivity index (χ1) is 11.2. The Morgan fingerprint density at radius 2 is 1.70 bits per heavy atom. The second-order valence-corrected chi connectivity index (χ2v) is 6.18. The van der Waals surface area contributed by atoms with Crippen molar-refractivity contribution in [3.05, 3.63) is 70.9 Å². The third-order valence-electron chi connectivity index (χ3n) is 3.53. The van der Waals surface area contributed by atoms with Gasteiger partial charge in [0.2, 0.25) is 11.1 Å². The van der Waals surface area contributed by atoms with Gasteiger partial charge < -0.3 is 10.2 Å². The van der Waals surface area contributed by atoms with Crippen molar-refractivity contribution in [2.24, 2.45) is 0 Å². The van der Waals surface area contributed by atoms with Gasteiger partial charge in [0.1, 0.15) is 11.4 Å². The number of nitrogens with zero attached hydrogens (tertiary/aromatic N) is 1. The summed E-state index contributed by atoms with van der Waals surface area (Å²) in [6, 6.07) is 18.7. The van der Waals surface area contributed by atoms with Crippen LogP contribution in [0.25, 0.3) is 22.1 Å². The second kappa shape index (κ2) is 5.44. The molecule has 23 heavy (non-hydrogen) atoms. The van der Waals surface area contributed by atoms with Crippen molar-refractivity contribution in [1.29, 1.82) is 0 Å². The third kappa shape index (κ3) is 2.45. The van der Waals surface area contributed by atoms with Gasteiger partial charge in [-0.05, 0) is 30.3 Å². The molecule has 0 fully saturated rings. The average Bonchev–Trinajstić information content (AvgIpc) is 2.57. The molecule has 2 N–H and O–H groups in total. The topological polar surface area (TPSA) is 69.1 Å². The van der Waals surface area contributed by atoms with Crippen molar-refractivity contribution in [1.82, 2.24) is 4.98 Å². The zero-order valence-electron chi connectivity index (χ0n) is 12.0. The van der Waals surface area contributed by atoms with E-state index in [1.54, 1.807) is 18.2 Å². The van der Waals surface area contributed by atoms with E-state index in [4.69, 9.17) is 10.2 Å². The molecule has 0 atom stereocenters. The van der Waals surface area contributed by atoms with Gasteiger partial charge >= 0.3 is 0 Å². The van der Waals surface area contributed by atoms with Gasteiger partial charge in [-0.15, -0.1) is 0 Å². The summed E-state index contributed by atoms with van der Waals surface area (Å²) in [5, 5.41) is 0.985. The van der Waals surface area contributed by atoms with Crippen molar-refractivity contribution >= 4 is 39.6 Å². The first-order valence-electron chi connectivity index (χ1n) is 7.07. The molecule has 2 aromatic heterocycles. The molecule has 0 spiro atoms. The number of nitrogens with two attached hydrogens (primary N) is 1. The van der Waals surface area contributed by atoms with Gasteiger partial charge in [0, 0.05) is 4.90 Å². The Morgan fingerprint density at radius 1 is 0.957 bits per heavy atom. The van der Waals surface area contributed by atoms with Gasteiger partial charge in [-0.1, -0.05) is 42.1 Å². The van der Waals surface area contributed by atoms with Crippen LogP contribution >= 0.6 is 11.8 Å². The third-order valence-corrected chi connectivity index (χ3v) is 4.59. The number of hydrogen-bond acceptors (Lipinski definition) is 5. The number of fused-ring (bicyclic) bond motifs is 2. The fourth-order valence-corrected chi connectivity index (χ4v) is 3.30. The van der Waals surface area contributed by atoms with Gasteiger partial charge in [0.25, 0.3) is 0 Å². The molecule has 112 valence electrons. The number of hydrogen-bond donors (Lipinski definition) is 1. The van der Waals surface area contributed by atoms with Crippen LogP contribution in [0.4, 0.5) is 5.82 Å². The molecule has 0 radical (unpaired) electrons. The zero-order valence-corrected chi connectivity index (χ0v) is 12.8. The molecule has 2 heterocycles. The Balaban J connectivity index is 1.94. The van der Waals surface area contributed by atoms with Gasteiger partial charge in [0.05, 0.1) is 15.7 Å². The van der Waals surface area contributed by atoms with E-state index in [1.165, 1.54) is 11.8 Å². The molecule has 5 heteroatoms. The lowest BCUT2D eigenvalue weighted by Crippen LogP contribution is -2.05. The molecule has 0 amide bonds. The van der Waals surface area contributed by atoms with Crippen LogP contribution < -0.4 is 11.2 Å². The first kappa shape index (κ1) is 13.8. The summed E-state index contributed by atoms with van der Waals surface area (Å²) in [5.41, 5.74) is 6.72. The maximum absolute atomic E-state index is 12.7. The minimum absolute atomic E-state index is 0.0933. The number of nitrogen functional groups attached to an aromatic ring is 1. The van der Waals surface area contributed by atoms with E-state index in [1.807, 2.05) is 42.5 Å². The van der Waals surface area contributed by atoms with Crippen molar-refractivity contribution < 1.29 is 4.42 Å². The summed E-state index contributed by atoms with van der Waals surface area (Å²) in [7, 11) is 0. The van der Waals surface area contributed by atoms with Crippen LogP contribution in [0, 0.1) is 0 Å². The molecular formula is C18H12N2O2S. The van der Waals surface area contributed by atoms with Crippen molar-refractivity contribution in [2.75, 3.05) is 5.73 Å². The standard InChI is InChI=1S/C18H12N2O2S/c19-17-15(23-11-6-2-1-3-7-11)10-13-16(21)12-8-4-5-9-14(12)22-18(13)20-17/h1-10H,(H2,19,20). The van der Waals surface area contributed by atoms with E-state index in [-0.39, 0.29) is 11.1 Å². The minimum atomic E-state index is -0.0933. The van der Waals surface area contributed by atoms with Crippen LogP contribution in [0.5, 0.6) is 0 Å². The molecule has 2 aromatic carbocycles. The van der Waals surface area contributed by atoms with Crippen molar-refractivity contribution in [2.45, 2.75) is 9.79 Å². The molecule has 0 saturated carbocycles. The van der Waals surface area contributed by atoms with Gasteiger partial charge in [-0.25, -0.2) is 0 Å². The highest BCUT2D eigenvalue weighted by Crippen LogP contribution is 2.33. The summed E-state index contributed by atoms with van der Waals surface area (Å²) >= 11 is 1.48. The summed E-state index contributed by atoms with van der Waals surface area (Å²) in [5.74, 6) is 0.352. The van der Waals surface area contributed by atoms with Crippen LogP contribution in [-0.4, -0.2) is 4.98 Å². The molecule has 0 bridgehead atoms. The fraction of sp³-hybridized carbons (Fsp3) is 0. The SMILES string of the molecule is Nc1nc2oc3ccccc3c(=O)c2cc1Sc1ccccc1. The molecule has 0 saturated heterocycles. The molecule has 0 aliphatic carbocycles. The number of aromatic nitrogens is 1. The lowest BCUT2D eigenvalue weighted by atomic mass is 10.2. The quantitative estimate of drug-likeness (QED) is 0.564. The molecule has 4 rings (SSSR count). The highest BCUT2D eigenvalue weighted by atomic mass is 32.2. The van der Waals surface area contributed by atoms with E-state index in [0.717, 1.165) is 9.79 Å². The van der Waals surface area contributed by atoms with E-state index in [2.05, 4.69) is 4.98 Å². The van der Waals surface area contributed by atoms with Crippen LogP contribution in [0.2, 0.25) is 0 Å². The van der Waals surface area contributed by atoms with Crippen LogP contribution in [0.15, 0.2) is 79.7 Å². The summed E-state index contributed by atoms with van der Waals surface area (Å²) in [4.78, 5) is 18.7. The predicted molar refractivity (Wildman–Crippen MR) is 92.8 cm³/mol. The molecule has 4 aromatic rings. The molecule has 0 aliphatic rings. The Kier molecular flexibility index (Phi) is 3.28. The summed E-state index contributed by atoms with van der Waals surface area (Å²) < 4.78 is 5.71. The molecule has 4 nitrogen and oxygen atoms in total. The number of anilines is 1. The number of para-hydroxylation sites is 1. The lowest BCUT2D eigenvalue weighted by molar-refractivity contribution is 0.645. The highest BCUT2D eigenvalue weighted by molar-refractivity contribution is 7.99. The number of benzene rings is 2. The zero-order chi connectivity index (χ0) is 15.8. The average molecular weight is 320 g/mol. The maximum atomic E-state index is 12.7. The van der Waals surface area contributed by atoms with Crippen LogP contribution in [0.1, 0.15) is 0 Å². The predicted octanol–water partition coefficient (Wildman–Crippen LogP) is 4.07. The smallest absolute Gasteiger partial charge is 0.232 e. The minimum Gasteiger partial charge on any atom is -0.437 e. The van der Waals surface area contributed by atoms with Crippen LogP contribution in [0.3, 0.4) is 0 Å². The normalized spacial score (nSPS) is 11.1. The lowest BCUT2D eigenvalue weighted by Gasteiger charge is -2.07. The number of rotatable bonds is 2. The Bertz CT molecular complexity index is 1070. The molecule has 0 aliphatic heterocycles. The van der Waals surface area contributed by atoms with E-state index >= 15 is 0 Å². The maximum Gasteiger partial charge on any atom is 0.232 e. The van der Waals surface area contributed by atoms with Gasteiger partial charge in [-0.2, -0.15) is 4.98 Å². The second-order valence-electron chi connectivity index (χ2n) is 5.07. The molecular weight excluding hydrogens is 308 g/mol. The van der Waals surface area contributed by atoms with Crippen LogP contribution in [-0.2, 0) is 0 Å². The number of pyridine rings is 1. The molecule has 0 unspecified atom stereocenters. The van der Waals surface area contributed by atoms with E-state index in [0.29, 0.717) is 22.2 Å². The first-order valence-corrected chi connectivity index (χ1v) is 7.89. The van der Waals surface area contributed by atoms with E-state index < -0.39 is 0 Å². The monoisotopic (exact) mass is 320 g/mol. The largest absolute Gasteiger partial charge is 0.437 e. The van der Waals surface area contributed by atoms with E-state index in [9.17, 15) is 4.79 Å². The summed E-state index contributed by atoms with van der Waals surface area (Å²) in [6.07, 6.45) is 0. The Morgan fingerprint density at radius 3 is 2.52 bits per heavy atom. The van der Waals surface area contributed by atoms with Gasteiger partial charge in [0.15, 0.2) is 0 Å². The van der Waals surface area contributed by atoms with Gasteiger partial charge in [-0.3, -0.25) is 4.79 Å². The van der Waals surface area contributed by atoms with Crippen molar-refractivity contribution in [3.8, 4) is 0 Å². The highest BCUT2D eigenvalue weighted by Gasteiger charge is 2.12. The van der Waals surface area contributed by atoms with Crippen molar-refractivity contribution in [3.63, 3.8) is 0 Å². The summed E-state index contributed by atoms with van der Waals surface area (Å²) in [6.45, 7) is 0. The fourth-order valence-electron chi connectivity index (χ4n) is 2.42. The Hall–Kier alpha value is -2.79.